The maximum atomic E-state index is 9.90. The van der Waals surface area contributed by atoms with E-state index in [9.17, 15) is 10.2 Å². The van der Waals surface area contributed by atoms with Crippen LogP contribution >= 0.6 is 0 Å². The topological polar surface area (TPSA) is 66.5 Å². The number of aromatic hydroxyl groups is 2. The number of hydrogen-bond donors (Lipinski definition) is 3. The lowest BCUT2D eigenvalue weighted by Gasteiger charge is -2.36. The summed E-state index contributed by atoms with van der Waals surface area (Å²) in [5.41, 5.74) is 9.52. The van der Waals surface area contributed by atoms with Gasteiger partial charge < -0.3 is 15.9 Å². The summed E-state index contributed by atoms with van der Waals surface area (Å²) in [6, 6.07) is 1.94. The Bertz CT molecular complexity index is 442. The predicted molar refractivity (Wildman–Crippen MR) is 61.7 cm³/mol. The summed E-state index contributed by atoms with van der Waals surface area (Å²) in [7, 11) is 0. The number of nitrogens with two attached hydrogens (primary N) is 1. The van der Waals surface area contributed by atoms with Crippen molar-refractivity contribution in [3.63, 3.8) is 0 Å². The summed E-state index contributed by atoms with van der Waals surface area (Å²) >= 11 is 0. The minimum atomic E-state index is 0.0323. The lowest BCUT2D eigenvalue weighted by molar-refractivity contribution is 0.374. The molecule has 3 rings (SSSR count). The smallest absolute Gasteiger partial charge is 0.160 e. The van der Waals surface area contributed by atoms with Gasteiger partial charge in [-0.2, -0.15) is 0 Å². The highest BCUT2D eigenvalue weighted by atomic mass is 16.3. The normalized spacial score (nSPS) is 27.6. The highest BCUT2D eigenvalue weighted by Crippen LogP contribution is 2.46. The second-order valence-electron chi connectivity index (χ2n) is 5.00. The molecule has 2 atom stereocenters. The van der Waals surface area contributed by atoms with Crippen LogP contribution in [0.15, 0.2) is 6.07 Å². The van der Waals surface area contributed by atoms with E-state index >= 15 is 0 Å². The molecule has 1 aromatic carbocycles. The highest BCUT2D eigenvalue weighted by Gasteiger charge is 2.33. The van der Waals surface area contributed by atoms with Crippen LogP contribution in [0.2, 0.25) is 0 Å². The minimum absolute atomic E-state index is 0.0323. The van der Waals surface area contributed by atoms with Crippen LogP contribution in [-0.4, -0.2) is 16.3 Å². The molecule has 0 saturated carbocycles. The Morgan fingerprint density at radius 2 is 2.00 bits per heavy atom. The van der Waals surface area contributed by atoms with E-state index in [4.69, 9.17) is 5.73 Å². The SMILES string of the molecule is NC1CCc2cc(O)c(O)c3c2C1CCC3. The lowest BCUT2D eigenvalue weighted by Crippen LogP contribution is -2.35. The van der Waals surface area contributed by atoms with E-state index < -0.39 is 0 Å². The number of benzene rings is 1. The van der Waals surface area contributed by atoms with Crippen molar-refractivity contribution in [3.05, 3.63) is 22.8 Å². The first kappa shape index (κ1) is 9.97. The summed E-state index contributed by atoms with van der Waals surface area (Å²) in [6.07, 6.45) is 4.95. The van der Waals surface area contributed by atoms with Gasteiger partial charge in [0.25, 0.3) is 0 Å². The van der Waals surface area contributed by atoms with E-state index in [0.29, 0.717) is 5.92 Å². The molecule has 0 spiro atoms. The van der Waals surface area contributed by atoms with Crippen molar-refractivity contribution >= 4 is 0 Å². The van der Waals surface area contributed by atoms with E-state index in [1.165, 1.54) is 11.1 Å². The molecule has 16 heavy (non-hydrogen) atoms. The van der Waals surface area contributed by atoms with E-state index in [-0.39, 0.29) is 17.5 Å². The average molecular weight is 219 g/mol. The zero-order valence-corrected chi connectivity index (χ0v) is 9.24. The van der Waals surface area contributed by atoms with E-state index in [1.54, 1.807) is 6.07 Å². The molecule has 86 valence electrons. The molecule has 4 N–H and O–H groups in total. The van der Waals surface area contributed by atoms with Gasteiger partial charge in [0.05, 0.1) is 0 Å². The number of aryl methyl sites for hydroxylation is 1. The second kappa shape index (κ2) is 3.39. The summed E-state index contributed by atoms with van der Waals surface area (Å²) < 4.78 is 0. The average Bonchev–Trinajstić information content (AvgIpc) is 2.30. The van der Waals surface area contributed by atoms with E-state index in [0.717, 1.165) is 37.7 Å². The van der Waals surface area contributed by atoms with Crippen LogP contribution < -0.4 is 5.73 Å². The van der Waals surface area contributed by atoms with Gasteiger partial charge in [0.15, 0.2) is 11.5 Å². The molecule has 0 aromatic heterocycles. The van der Waals surface area contributed by atoms with Gasteiger partial charge in [0.1, 0.15) is 0 Å². The third-order valence-electron chi connectivity index (χ3n) is 4.09. The Labute approximate surface area is 94.9 Å². The van der Waals surface area contributed by atoms with E-state index in [1.807, 2.05) is 0 Å². The van der Waals surface area contributed by atoms with Crippen molar-refractivity contribution < 1.29 is 10.2 Å². The van der Waals surface area contributed by atoms with Gasteiger partial charge in [-0.05, 0) is 55.2 Å². The zero-order valence-electron chi connectivity index (χ0n) is 9.24. The number of rotatable bonds is 0. The largest absolute Gasteiger partial charge is 0.504 e. The van der Waals surface area contributed by atoms with Crippen LogP contribution in [0, 0.1) is 0 Å². The number of hydrogen-bond acceptors (Lipinski definition) is 3. The van der Waals surface area contributed by atoms with Crippen LogP contribution in [0.25, 0.3) is 0 Å². The first-order chi connectivity index (χ1) is 7.68. The molecule has 3 heteroatoms. The third kappa shape index (κ3) is 1.24. The van der Waals surface area contributed by atoms with E-state index in [2.05, 4.69) is 0 Å². The summed E-state index contributed by atoms with van der Waals surface area (Å²) in [4.78, 5) is 0. The summed E-state index contributed by atoms with van der Waals surface area (Å²) in [5, 5.41) is 19.6. The Morgan fingerprint density at radius 3 is 2.81 bits per heavy atom. The van der Waals surface area contributed by atoms with Crippen LogP contribution in [0.4, 0.5) is 0 Å². The molecule has 0 radical (unpaired) electrons. The Balaban J connectivity index is 2.24. The molecule has 0 amide bonds. The Morgan fingerprint density at radius 1 is 1.19 bits per heavy atom. The Hall–Kier alpha value is -1.22. The fraction of sp³-hybridized carbons (Fsp3) is 0.538. The Kier molecular flexibility index (Phi) is 2.11. The van der Waals surface area contributed by atoms with Crippen molar-refractivity contribution in [2.75, 3.05) is 0 Å². The van der Waals surface area contributed by atoms with Gasteiger partial charge in [-0.25, -0.2) is 0 Å². The molecule has 1 aromatic rings. The van der Waals surface area contributed by atoms with Crippen LogP contribution in [0.5, 0.6) is 11.5 Å². The molecular weight excluding hydrogens is 202 g/mol. The lowest BCUT2D eigenvalue weighted by atomic mass is 9.71. The fourth-order valence-electron chi connectivity index (χ4n) is 3.30. The summed E-state index contributed by atoms with van der Waals surface area (Å²) in [6.45, 7) is 0. The van der Waals surface area contributed by atoms with Crippen molar-refractivity contribution in [2.45, 2.75) is 44.1 Å². The zero-order chi connectivity index (χ0) is 11.3. The van der Waals surface area contributed by atoms with Crippen LogP contribution in [0.1, 0.15) is 41.9 Å². The van der Waals surface area contributed by atoms with Crippen LogP contribution in [-0.2, 0) is 12.8 Å². The monoisotopic (exact) mass is 219 g/mol. The quantitative estimate of drug-likeness (QED) is 0.583. The first-order valence-electron chi connectivity index (χ1n) is 6.00. The molecule has 0 heterocycles. The van der Waals surface area contributed by atoms with Gasteiger partial charge in [0.2, 0.25) is 0 Å². The third-order valence-corrected chi connectivity index (χ3v) is 4.09. The molecule has 2 aliphatic rings. The molecular formula is C13H17NO2. The van der Waals surface area contributed by atoms with Gasteiger partial charge in [0, 0.05) is 11.6 Å². The van der Waals surface area contributed by atoms with Gasteiger partial charge >= 0.3 is 0 Å². The van der Waals surface area contributed by atoms with Gasteiger partial charge in [-0.1, -0.05) is 0 Å². The first-order valence-corrected chi connectivity index (χ1v) is 6.00. The summed E-state index contributed by atoms with van der Waals surface area (Å²) in [5.74, 6) is 0.501. The molecule has 0 fully saturated rings. The van der Waals surface area contributed by atoms with Crippen molar-refractivity contribution in [2.24, 2.45) is 5.73 Å². The van der Waals surface area contributed by atoms with Crippen LogP contribution in [0.3, 0.4) is 0 Å². The maximum Gasteiger partial charge on any atom is 0.160 e. The fourth-order valence-corrected chi connectivity index (χ4v) is 3.30. The molecule has 0 aliphatic heterocycles. The molecule has 3 nitrogen and oxygen atoms in total. The number of phenolic OH excluding ortho intramolecular Hbond substituents is 2. The van der Waals surface area contributed by atoms with Crippen molar-refractivity contribution in [1.82, 2.24) is 0 Å². The minimum Gasteiger partial charge on any atom is -0.504 e. The molecule has 2 aliphatic carbocycles. The predicted octanol–water partition coefficient (Wildman–Crippen LogP) is 1.79. The maximum absolute atomic E-state index is 9.90. The molecule has 0 bridgehead atoms. The van der Waals surface area contributed by atoms with Gasteiger partial charge in [-0.3, -0.25) is 0 Å². The standard InChI is InChI=1S/C13H17NO2/c14-10-5-4-7-6-11(15)13(16)9-3-1-2-8(10)12(7)9/h6,8,10,15-16H,1-5,14H2. The molecule has 0 saturated heterocycles. The van der Waals surface area contributed by atoms with Gasteiger partial charge in [-0.15, -0.1) is 0 Å². The van der Waals surface area contributed by atoms with Crippen molar-refractivity contribution in [1.29, 1.82) is 0 Å². The highest BCUT2D eigenvalue weighted by molar-refractivity contribution is 5.56. The second-order valence-corrected chi connectivity index (χ2v) is 5.00. The number of phenols is 2. The molecule has 2 unspecified atom stereocenters. The van der Waals surface area contributed by atoms with Crippen molar-refractivity contribution in [3.8, 4) is 11.5 Å².